The molecule has 0 radical (unpaired) electrons. The molecule has 0 saturated carbocycles. The minimum atomic E-state index is -4.61. The number of hydrogen-bond donors (Lipinski definition) is 4. The average Bonchev–Trinajstić information content (AvgIpc) is 0.722. The number of rotatable bonds is 0. The molecule has 1 unspecified atom stereocenters. The smallest absolute Gasteiger partial charge is 1.00 e. The first-order valence-electron chi connectivity index (χ1n) is 0.894. The first kappa shape index (κ1) is 22.4. The molecule has 0 rings (SSSR count). The third-order valence-corrected chi connectivity index (χ3v) is 0. The Labute approximate surface area is 111 Å². The van der Waals surface area contributed by atoms with Gasteiger partial charge in [-0.2, -0.15) is 9.90 Å². The molecule has 0 heterocycles. The van der Waals surface area contributed by atoms with Gasteiger partial charge < -0.3 is 24.9 Å². The molecule has 8 heavy (non-hydrogen) atoms. The van der Waals surface area contributed by atoms with Crippen molar-refractivity contribution in [1.82, 2.24) is 0 Å². The van der Waals surface area contributed by atoms with Crippen LogP contribution in [0.15, 0.2) is 0 Å². The normalized spacial score (nSPS) is 7.50. The van der Waals surface area contributed by atoms with E-state index in [-0.39, 0.29) is 84.1 Å². The first-order chi connectivity index (χ1) is 2.00. The van der Waals surface area contributed by atoms with E-state index in [9.17, 15) is 0 Å². The molecule has 0 bridgehead atoms. The summed E-state index contributed by atoms with van der Waals surface area (Å²) in [5.41, 5.74) is 0. The monoisotopic (exact) mass is 246 g/mol. The maximum absolute atomic E-state index is 7.33. The van der Waals surface area contributed by atoms with E-state index in [1.165, 1.54) is 0 Å². The van der Waals surface area contributed by atoms with Crippen molar-refractivity contribution >= 4 is 87.5 Å². The summed E-state index contributed by atoms with van der Waals surface area (Å²) in [5.74, 6) is 0. The Morgan fingerprint density at radius 2 is 1.00 bits per heavy atom. The predicted octanol–water partition coefficient (Wildman–Crippen LogP) is -2.86. The summed E-state index contributed by atoms with van der Waals surface area (Å²) in [6, 6.07) is 0. The Morgan fingerprint density at radius 1 is 1.00 bits per heavy atom. The second-order valence-corrected chi connectivity index (χ2v) is 1.80. The molecule has 0 aliphatic heterocycles. The van der Waals surface area contributed by atoms with Crippen LogP contribution in [0.4, 0.5) is 0 Å². The van der Waals surface area contributed by atoms with Gasteiger partial charge in [0.15, 0.2) is 0 Å². The predicted molar refractivity (Wildman–Crippen MR) is 41.7 cm³/mol. The fraction of sp³-hybridized carbons (Fsp3) is 0. The Morgan fingerprint density at radius 3 is 1.00 bits per heavy atom. The molecule has 4 nitrogen and oxygen atoms in total. The zero-order valence-electron chi connectivity index (χ0n) is 8.41. The van der Waals surface area contributed by atoms with Crippen molar-refractivity contribution in [3.05, 3.63) is 0 Å². The Balaban J connectivity index is -0.00000000381. The second-order valence-electron chi connectivity index (χ2n) is 0.600. The summed E-state index contributed by atoms with van der Waals surface area (Å²) in [5, 5.41) is 0. The van der Waals surface area contributed by atoms with Crippen molar-refractivity contribution < 1.29 is 24.9 Å². The van der Waals surface area contributed by atoms with Gasteiger partial charge in [0.2, 0.25) is 0 Å². The molecule has 1 atom stereocenters. The molecule has 0 aromatic carbocycles. The van der Waals surface area contributed by atoms with E-state index in [4.69, 9.17) is 19.2 Å². The minimum absolute atomic E-state index is 0. The molecule has 0 aromatic rings. The molecule has 0 spiro atoms. The van der Waals surface area contributed by atoms with E-state index < -0.39 is 9.05 Å². The zero-order valence-corrected chi connectivity index (χ0v) is 11.7. The van der Waals surface area contributed by atoms with Gasteiger partial charge in [0.25, 0.3) is 0 Å². The maximum atomic E-state index is 7.33. The molecule has 4 N–H and O–H groups in total. The van der Waals surface area contributed by atoms with Gasteiger partial charge in [-0.1, -0.05) is 0 Å². The van der Waals surface area contributed by atoms with E-state index in [1.807, 2.05) is 0 Å². The standard InChI is InChI=1S/Mg.H4O4Si.H3P.Sr.4H/c;1-5(2,3)4;;;;;;/h;1-4H;1H3;;;;;/q+2;;;+2;4*-1. The van der Waals surface area contributed by atoms with Crippen molar-refractivity contribution in [3.63, 3.8) is 0 Å². The minimum Gasteiger partial charge on any atom is -1.00 e. The van der Waals surface area contributed by atoms with Crippen LogP contribution in [-0.2, 0) is 0 Å². The van der Waals surface area contributed by atoms with E-state index in [0.717, 1.165) is 0 Å². The van der Waals surface area contributed by atoms with Crippen LogP contribution in [0.1, 0.15) is 5.71 Å². The van der Waals surface area contributed by atoms with E-state index in [0.29, 0.717) is 0 Å². The van der Waals surface area contributed by atoms with Crippen molar-refractivity contribution in [3.8, 4) is 0 Å². The summed E-state index contributed by atoms with van der Waals surface area (Å²) < 4.78 is 0. The zero-order chi connectivity index (χ0) is 4.50. The summed E-state index contributed by atoms with van der Waals surface area (Å²) in [6.45, 7) is 0. The van der Waals surface area contributed by atoms with Crippen molar-refractivity contribution in [2.45, 2.75) is 0 Å². The van der Waals surface area contributed by atoms with Gasteiger partial charge in [0.05, 0.1) is 0 Å². The third-order valence-electron chi connectivity index (χ3n) is 0. The largest absolute Gasteiger partial charge is 2.00 e. The quantitative estimate of drug-likeness (QED) is 0.274. The molecular formula is H11MgO4PSiSr. The summed E-state index contributed by atoms with van der Waals surface area (Å²) in [7, 11) is -4.61. The molecule has 48 valence electrons. The topological polar surface area (TPSA) is 80.9 Å². The molecule has 0 aromatic heterocycles. The Kier molecular flexibility index (Phi) is 27.3. The van der Waals surface area contributed by atoms with Crippen LogP contribution in [0.3, 0.4) is 0 Å². The van der Waals surface area contributed by atoms with E-state index >= 15 is 0 Å². The second kappa shape index (κ2) is 9.73. The van der Waals surface area contributed by atoms with Crippen molar-refractivity contribution in [2.75, 3.05) is 0 Å². The fourth-order valence-corrected chi connectivity index (χ4v) is 0. The molecule has 0 amide bonds. The van der Waals surface area contributed by atoms with Crippen LogP contribution in [-0.4, -0.2) is 96.8 Å². The molecule has 0 fully saturated rings. The van der Waals surface area contributed by atoms with Gasteiger partial charge in [-0.25, -0.2) is 0 Å². The van der Waals surface area contributed by atoms with Crippen LogP contribution in [0.2, 0.25) is 0 Å². The Hall–Kier alpha value is 2.73. The van der Waals surface area contributed by atoms with Gasteiger partial charge in [-0.05, 0) is 0 Å². The molecule has 0 aliphatic carbocycles. The average molecular weight is 246 g/mol. The molecule has 8 heteroatoms. The van der Waals surface area contributed by atoms with Crippen LogP contribution in [0, 0.1) is 0 Å². The van der Waals surface area contributed by atoms with Crippen LogP contribution >= 0.6 is 9.90 Å². The molecule has 0 aliphatic rings. The van der Waals surface area contributed by atoms with Crippen LogP contribution in [0.5, 0.6) is 0 Å². The summed E-state index contributed by atoms with van der Waals surface area (Å²) >= 11 is 0. The third kappa shape index (κ3) is 69.9. The number of hydrogen-bond acceptors (Lipinski definition) is 4. The van der Waals surface area contributed by atoms with Gasteiger partial charge >= 0.3 is 77.6 Å². The van der Waals surface area contributed by atoms with Gasteiger partial charge in [-0.3, -0.25) is 0 Å². The van der Waals surface area contributed by atoms with Gasteiger partial charge in [0, 0.05) is 0 Å². The van der Waals surface area contributed by atoms with Crippen molar-refractivity contribution in [1.29, 1.82) is 0 Å². The fourth-order valence-electron chi connectivity index (χ4n) is 0. The summed E-state index contributed by atoms with van der Waals surface area (Å²) in [6.07, 6.45) is 0. The van der Waals surface area contributed by atoms with Crippen LogP contribution in [0.25, 0.3) is 0 Å². The van der Waals surface area contributed by atoms with E-state index in [1.54, 1.807) is 0 Å². The molecular weight excluding hydrogens is 235 g/mol. The van der Waals surface area contributed by atoms with Gasteiger partial charge in [-0.15, -0.1) is 0 Å². The summed E-state index contributed by atoms with van der Waals surface area (Å²) in [4.78, 5) is 29.3. The molecule has 0 saturated heterocycles. The maximum Gasteiger partial charge on any atom is 2.00 e. The Bertz CT molecular complexity index is 42.5. The SMILES string of the molecule is O[Si](O)(O)O.P.[H-].[H-].[H-].[H-].[Mg+2].[Sr+2]. The first-order valence-corrected chi connectivity index (χ1v) is 2.68. The van der Waals surface area contributed by atoms with Crippen molar-refractivity contribution in [2.24, 2.45) is 0 Å². The van der Waals surface area contributed by atoms with E-state index in [2.05, 4.69) is 0 Å². The van der Waals surface area contributed by atoms with Gasteiger partial charge in [0.1, 0.15) is 0 Å². The van der Waals surface area contributed by atoms with Crippen LogP contribution < -0.4 is 0 Å².